The van der Waals surface area contributed by atoms with Gasteiger partial charge in [-0.1, -0.05) is 6.07 Å². The molecule has 3 heterocycles. The Morgan fingerprint density at radius 2 is 1.97 bits per heavy atom. The number of nitrogens with zero attached hydrogens (tertiary/aromatic N) is 4. The summed E-state index contributed by atoms with van der Waals surface area (Å²) in [5.74, 6) is 0.457. The molecule has 0 spiro atoms. The molecule has 0 saturated carbocycles. The maximum atomic E-state index is 12.3. The third kappa shape index (κ3) is 5.18. The molecule has 9 heteroatoms. The van der Waals surface area contributed by atoms with Crippen molar-refractivity contribution in [3.8, 4) is 10.6 Å². The zero-order valence-electron chi connectivity index (χ0n) is 17.0. The van der Waals surface area contributed by atoms with Gasteiger partial charge in [-0.3, -0.25) is 9.69 Å². The van der Waals surface area contributed by atoms with Crippen molar-refractivity contribution in [2.45, 2.75) is 13.8 Å². The van der Waals surface area contributed by atoms with Crippen molar-refractivity contribution < 1.29 is 9.53 Å². The Bertz CT molecular complexity index is 1030. The lowest BCUT2D eigenvalue weighted by atomic mass is 10.2. The van der Waals surface area contributed by atoms with Crippen LogP contribution >= 0.6 is 11.3 Å². The van der Waals surface area contributed by atoms with E-state index in [9.17, 15) is 4.79 Å². The first-order chi connectivity index (χ1) is 14.6. The molecule has 4 rings (SSSR count). The fourth-order valence-electron chi connectivity index (χ4n) is 3.28. The van der Waals surface area contributed by atoms with Crippen LogP contribution in [-0.2, 0) is 9.53 Å². The molecule has 0 radical (unpaired) electrons. The fourth-order valence-corrected chi connectivity index (χ4v) is 4.17. The van der Waals surface area contributed by atoms with E-state index in [1.165, 1.54) is 0 Å². The van der Waals surface area contributed by atoms with E-state index in [1.807, 2.05) is 44.2 Å². The number of thiazole rings is 1. The van der Waals surface area contributed by atoms with E-state index in [0.29, 0.717) is 25.7 Å². The molecule has 1 aliphatic rings. The summed E-state index contributed by atoms with van der Waals surface area (Å²) in [6.07, 6.45) is 1.73. The van der Waals surface area contributed by atoms with Crippen LogP contribution < -0.4 is 10.6 Å². The molecule has 1 fully saturated rings. The maximum Gasteiger partial charge on any atom is 0.238 e. The summed E-state index contributed by atoms with van der Waals surface area (Å²) in [6, 6.07) is 9.41. The van der Waals surface area contributed by atoms with Gasteiger partial charge in [0.05, 0.1) is 41.0 Å². The van der Waals surface area contributed by atoms with Crippen LogP contribution in [0.3, 0.4) is 0 Å². The first-order valence-electron chi connectivity index (χ1n) is 9.81. The highest BCUT2D eigenvalue weighted by molar-refractivity contribution is 7.15. The van der Waals surface area contributed by atoms with Crippen LogP contribution in [0.1, 0.15) is 10.7 Å². The van der Waals surface area contributed by atoms with E-state index in [2.05, 4.69) is 30.5 Å². The number of aryl methyl sites for hydroxylation is 2. The van der Waals surface area contributed by atoms with E-state index >= 15 is 0 Å². The van der Waals surface area contributed by atoms with Crippen molar-refractivity contribution in [2.75, 3.05) is 43.5 Å². The van der Waals surface area contributed by atoms with E-state index in [0.717, 1.165) is 45.7 Å². The molecular weight excluding hydrogens is 400 g/mol. The molecule has 0 aliphatic carbocycles. The number of hydrogen-bond acceptors (Lipinski definition) is 8. The molecule has 1 aromatic carbocycles. The van der Waals surface area contributed by atoms with Gasteiger partial charge in [0.15, 0.2) is 0 Å². The average Bonchev–Trinajstić information content (AvgIpc) is 3.07. The third-order valence-electron chi connectivity index (χ3n) is 4.67. The lowest BCUT2D eigenvalue weighted by Crippen LogP contribution is -2.41. The lowest BCUT2D eigenvalue weighted by molar-refractivity contribution is -0.118. The Balaban J connectivity index is 1.42. The zero-order valence-corrected chi connectivity index (χ0v) is 17.8. The number of benzene rings is 1. The van der Waals surface area contributed by atoms with Gasteiger partial charge in [-0.15, -0.1) is 11.3 Å². The third-order valence-corrected chi connectivity index (χ3v) is 5.76. The largest absolute Gasteiger partial charge is 0.379 e. The van der Waals surface area contributed by atoms with Crippen molar-refractivity contribution in [3.63, 3.8) is 0 Å². The molecule has 1 aliphatic heterocycles. The second-order valence-corrected chi connectivity index (χ2v) is 8.26. The smallest absolute Gasteiger partial charge is 0.238 e. The molecule has 1 amide bonds. The first kappa shape index (κ1) is 20.4. The minimum absolute atomic E-state index is 0.0386. The van der Waals surface area contributed by atoms with Crippen LogP contribution in [0.5, 0.6) is 0 Å². The number of carbonyl (C=O) groups excluding carboxylic acids is 1. The fraction of sp³-hybridized carbons (Fsp3) is 0.333. The monoisotopic (exact) mass is 424 g/mol. The number of amides is 1. The SMILES string of the molecule is Cc1nc(C)c(-c2ccnc(Nc3cccc(NC(=O)CN4CCOCC4)c3)n2)s1. The minimum Gasteiger partial charge on any atom is -0.379 e. The summed E-state index contributed by atoms with van der Waals surface area (Å²) in [7, 11) is 0. The molecule has 1 saturated heterocycles. The highest BCUT2D eigenvalue weighted by Crippen LogP contribution is 2.29. The second kappa shape index (κ2) is 9.29. The number of rotatable bonds is 6. The summed E-state index contributed by atoms with van der Waals surface area (Å²) in [5, 5.41) is 7.18. The van der Waals surface area contributed by atoms with Gasteiger partial charge < -0.3 is 15.4 Å². The lowest BCUT2D eigenvalue weighted by Gasteiger charge is -2.25. The number of ether oxygens (including phenoxy) is 1. The molecular formula is C21H24N6O2S. The summed E-state index contributed by atoms with van der Waals surface area (Å²) in [4.78, 5) is 28.9. The number of hydrogen-bond donors (Lipinski definition) is 2. The highest BCUT2D eigenvalue weighted by atomic mass is 32.1. The van der Waals surface area contributed by atoms with Gasteiger partial charge >= 0.3 is 0 Å². The number of morpholine rings is 1. The van der Waals surface area contributed by atoms with E-state index < -0.39 is 0 Å². The predicted octanol–water partition coefficient (Wildman–Crippen LogP) is 3.23. The highest BCUT2D eigenvalue weighted by Gasteiger charge is 2.14. The predicted molar refractivity (Wildman–Crippen MR) is 118 cm³/mol. The summed E-state index contributed by atoms with van der Waals surface area (Å²) in [6.45, 7) is 7.24. The Morgan fingerprint density at radius 1 is 1.17 bits per heavy atom. The summed E-state index contributed by atoms with van der Waals surface area (Å²) >= 11 is 1.62. The molecule has 156 valence electrons. The van der Waals surface area contributed by atoms with Gasteiger partial charge in [0.25, 0.3) is 0 Å². The van der Waals surface area contributed by atoms with Crippen LogP contribution in [0.4, 0.5) is 17.3 Å². The van der Waals surface area contributed by atoms with Crippen molar-refractivity contribution in [3.05, 3.63) is 47.2 Å². The number of nitrogens with one attached hydrogen (secondary N) is 2. The molecule has 8 nitrogen and oxygen atoms in total. The van der Waals surface area contributed by atoms with E-state index in [-0.39, 0.29) is 5.91 Å². The molecule has 30 heavy (non-hydrogen) atoms. The van der Waals surface area contributed by atoms with Crippen molar-refractivity contribution >= 4 is 34.6 Å². The quantitative estimate of drug-likeness (QED) is 0.628. The number of carbonyl (C=O) groups is 1. The normalized spacial score (nSPS) is 14.5. The molecule has 0 bridgehead atoms. The second-order valence-electron chi connectivity index (χ2n) is 7.06. The summed E-state index contributed by atoms with van der Waals surface area (Å²) in [5.41, 5.74) is 3.33. The number of anilines is 3. The van der Waals surface area contributed by atoms with Crippen molar-refractivity contribution in [2.24, 2.45) is 0 Å². The standard InChI is InChI=1S/C21H24N6O2S/c1-14-20(30-15(2)23-14)18-6-7-22-21(26-18)25-17-5-3-4-16(12-17)24-19(28)13-27-8-10-29-11-9-27/h3-7,12H,8-11,13H2,1-2H3,(H,24,28)(H,22,25,26). The zero-order chi connectivity index (χ0) is 20.9. The van der Waals surface area contributed by atoms with Gasteiger partial charge in [-0.05, 0) is 38.1 Å². The van der Waals surface area contributed by atoms with Gasteiger partial charge in [0, 0.05) is 30.7 Å². The van der Waals surface area contributed by atoms with Crippen molar-refractivity contribution in [1.29, 1.82) is 0 Å². The minimum atomic E-state index is -0.0386. The molecule has 2 N–H and O–H groups in total. The van der Waals surface area contributed by atoms with Gasteiger partial charge in [0.1, 0.15) is 0 Å². The van der Waals surface area contributed by atoms with Crippen LogP contribution in [0.15, 0.2) is 36.5 Å². The van der Waals surface area contributed by atoms with Gasteiger partial charge in [-0.25, -0.2) is 15.0 Å². The topological polar surface area (TPSA) is 92.3 Å². The van der Waals surface area contributed by atoms with E-state index in [4.69, 9.17) is 4.74 Å². The Labute approximate surface area is 179 Å². The Kier molecular flexibility index (Phi) is 6.32. The maximum absolute atomic E-state index is 12.3. The van der Waals surface area contributed by atoms with Gasteiger partial charge in [-0.2, -0.15) is 0 Å². The van der Waals surface area contributed by atoms with Crippen LogP contribution in [0.2, 0.25) is 0 Å². The molecule has 0 atom stereocenters. The molecule has 2 aromatic heterocycles. The van der Waals surface area contributed by atoms with Crippen LogP contribution in [0, 0.1) is 13.8 Å². The summed E-state index contributed by atoms with van der Waals surface area (Å²) < 4.78 is 5.32. The van der Waals surface area contributed by atoms with Crippen LogP contribution in [-0.4, -0.2) is 58.6 Å². The van der Waals surface area contributed by atoms with E-state index in [1.54, 1.807) is 17.5 Å². The molecule has 3 aromatic rings. The Hall–Kier alpha value is -2.88. The average molecular weight is 425 g/mol. The van der Waals surface area contributed by atoms with Crippen LogP contribution in [0.25, 0.3) is 10.6 Å². The Morgan fingerprint density at radius 3 is 2.73 bits per heavy atom. The number of aromatic nitrogens is 3. The molecule has 0 unspecified atom stereocenters. The first-order valence-corrected chi connectivity index (χ1v) is 10.6. The van der Waals surface area contributed by atoms with Gasteiger partial charge in [0.2, 0.25) is 11.9 Å². The van der Waals surface area contributed by atoms with Crippen molar-refractivity contribution in [1.82, 2.24) is 19.9 Å².